The van der Waals surface area contributed by atoms with E-state index < -0.39 is 28.8 Å². The van der Waals surface area contributed by atoms with E-state index in [1.807, 2.05) is 0 Å². The number of nitro benzene ring substituents is 1. The van der Waals surface area contributed by atoms with Crippen molar-refractivity contribution in [2.75, 3.05) is 0 Å². The maximum Gasteiger partial charge on any atom is 0.308 e. The molecule has 0 saturated heterocycles. The van der Waals surface area contributed by atoms with Crippen LogP contribution >= 0.6 is 0 Å². The summed E-state index contributed by atoms with van der Waals surface area (Å²) in [5, 5.41) is 23.1. The first-order valence-electron chi connectivity index (χ1n) is 7.69. The molecule has 23 heavy (non-hydrogen) atoms. The minimum Gasteiger partial charge on any atom is -0.481 e. The molecule has 2 atom stereocenters. The molecule has 0 radical (unpaired) electrons. The topological polar surface area (TPSA) is 110 Å². The maximum absolute atomic E-state index is 12.5. The summed E-state index contributed by atoms with van der Waals surface area (Å²) < 4.78 is 0. The van der Waals surface area contributed by atoms with Crippen LogP contribution in [0.15, 0.2) is 18.2 Å². The normalized spacial score (nSPS) is 21.3. The molecule has 7 nitrogen and oxygen atoms in total. The lowest BCUT2D eigenvalue weighted by atomic mass is 9.94. The Morgan fingerprint density at radius 3 is 2.61 bits per heavy atom. The molecule has 1 saturated carbocycles. The van der Waals surface area contributed by atoms with Crippen molar-refractivity contribution in [3.8, 4) is 0 Å². The first kappa shape index (κ1) is 16.9. The minimum absolute atomic E-state index is 0.117. The van der Waals surface area contributed by atoms with Gasteiger partial charge >= 0.3 is 5.97 Å². The first-order valence-corrected chi connectivity index (χ1v) is 7.69. The van der Waals surface area contributed by atoms with Gasteiger partial charge in [0.15, 0.2) is 0 Å². The number of nitrogens with one attached hydrogen (secondary N) is 1. The van der Waals surface area contributed by atoms with Crippen molar-refractivity contribution in [1.82, 2.24) is 5.32 Å². The molecule has 1 aromatic rings. The van der Waals surface area contributed by atoms with Gasteiger partial charge in [0.25, 0.3) is 11.6 Å². The summed E-state index contributed by atoms with van der Waals surface area (Å²) in [6.07, 6.45) is 3.79. The molecule has 1 aliphatic carbocycles. The molecular formula is C16H20N2O5. The number of aliphatic carboxylic acids is 1. The molecule has 1 aromatic carbocycles. The van der Waals surface area contributed by atoms with Gasteiger partial charge in [-0.1, -0.05) is 25.3 Å². The quantitative estimate of drug-likeness (QED) is 0.503. The molecule has 124 valence electrons. The number of hydrogen-bond donors (Lipinski definition) is 2. The van der Waals surface area contributed by atoms with Gasteiger partial charge in [0, 0.05) is 23.2 Å². The Kier molecular flexibility index (Phi) is 5.31. The van der Waals surface area contributed by atoms with Gasteiger partial charge < -0.3 is 10.4 Å². The monoisotopic (exact) mass is 320 g/mol. The number of hydrogen-bond acceptors (Lipinski definition) is 4. The van der Waals surface area contributed by atoms with Crippen LogP contribution in [0.3, 0.4) is 0 Å². The van der Waals surface area contributed by atoms with E-state index in [0.717, 1.165) is 19.3 Å². The van der Waals surface area contributed by atoms with Gasteiger partial charge in [-0.05, 0) is 25.8 Å². The van der Waals surface area contributed by atoms with Gasteiger partial charge in [0.2, 0.25) is 0 Å². The summed E-state index contributed by atoms with van der Waals surface area (Å²) >= 11 is 0. The van der Waals surface area contributed by atoms with Gasteiger partial charge in [-0.3, -0.25) is 19.7 Å². The number of nitro groups is 1. The lowest BCUT2D eigenvalue weighted by Gasteiger charge is -2.23. The highest BCUT2D eigenvalue weighted by Crippen LogP contribution is 2.25. The smallest absolute Gasteiger partial charge is 0.308 e. The lowest BCUT2D eigenvalue weighted by molar-refractivity contribution is -0.385. The van der Waals surface area contributed by atoms with Crippen LogP contribution in [0.2, 0.25) is 0 Å². The number of nitrogens with zero attached hydrogens (tertiary/aromatic N) is 1. The van der Waals surface area contributed by atoms with Crippen LogP contribution < -0.4 is 5.32 Å². The van der Waals surface area contributed by atoms with Crippen LogP contribution in [0.4, 0.5) is 5.69 Å². The Labute approximate surface area is 133 Å². The zero-order valence-electron chi connectivity index (χ0n) is 12.9. The maximum atomic E-state index is 12.5. The second-order valence-corrected chi connectivity index (χ2v) is 5.87. The highest BCUT2D eigenvalue weighted by molar-refractivity contribution is 5.97. The van der Waals surface area contributed by atoms with E-state index in [2.05, 4.69) is 5.32 Å². The van der Waals surface area contributed by atoms with Crippen LogP contribution in [0.5, 0.6) is 0 Å². The summed E-state index contributed by atoms with van der Waals surface area (Å²) in [6, 6.07) is 3.88. The summed E-state index contributed by atoms with van der Waals surface area (Å²) in [6.45, 7) is 1.52. The van der Waals surface area contributed by atoms with Crippen molar-refractivity contribution in [1.29, 1.82) is 0 Å². The Hall–Kier alpha value is -2.44. The largest absolute Gasteiger partial charge is 0.481 e. The van der Waals surface area contributed by atoms with E-state index in [-0.39, 0.29) is 16.8 Å². The molecule has 0 spiro atoms. The lowest BCUT2D eigenvalue weighted by Crippen LogP contribution is -2.43. The highest BCUT2D eigenvalue weighted by Gasteiger charge is 2.31. The van der Waals surface area contributed by atoms with E-state index in [0.29, 0.717) is 12.8 Å². The number of carbonyl (C=O) groups is 2. The predicted octanol–water partition coefficient (Wildman–Crippen LogP) is 2.67. The molecule has 0 heterocycles. The van der Waals surface area contributed by atoms with Crippen LogP contribution in [0.25, 0.3) is 0 Å². The van der Waals surface area contributed by atoms with Crippen molar-refractivity contribution in [2.45, 2.75) is 45.1 Å². The van der Waals surface area contributed by atoms with Gasteiger partial charge in [-0.15, -0.1) is 0 Å². The molecular weight excluding hydrogens is 300 g/mol. The molecule has 0 aromatic heterocycles. The third kappa shape index (κ3) is 3.85. The van der Waals surface area contributed by atoms with Crippen LogP contribution in [-0.4, -0.2) is 27.9 Å². The average molecular weight is 320 g/mol. The number of carbonyl (C=O) groups excluding carboxylic acids is 1. The van der Waals surface area contributed by atoms with Gasteiger partial charge in [-0.2, -0.15) is 0 Å². The standard InChI is InChI=1S/C16H20N2O5/c1-10-11(7-5-9-14(10)18(22)23)15(19)17-13-8-4-2-3-6-12(13)16(20)21/h5,7,9,12-13H,2-4,6,8H2,1H3,(H,17,19)(H,20,21)/t12-,13+/m0/s1. The molecule has 0 unspecified atom stereocenters. The molecule has 0 bridgehead atoms. The van der Waals surface area contributed by atoms with Crippen molar-refractivity contribution in [2.24, 2.45) is 5.92 Å². The molecule has 2 rings (SSSR count). The van der Waals surface area contributed by atoms with E-state index in [1.165, 1.54) is 25.1 Å². The second kappa shape index (κ2) is 7.21. The fourth-order valence-corrected chi connectivity index (χ4v) is 3.09. The Balaban J connectivity index is 2.22. The van der Waals surface area contributed by atoms with E-state index in [1.54, 1.807) is 0 Å². The summed E-state index contributed by atoms with van der Waals surface area (Å²) in [4.78, 5) is 34.3. The van der Waals surface area contributed by atoms with Crippen molar-refractivity contribution in [3.63, 3.8) is 0 Å². The number of carboxylic acid groups (broad SMARTS) is 1. The van der Waals surface area contributed by atoms with E-state index in [4.69, 9.17) is 0 Å². The third-order valence-corrected chi connectivity index (χ3v) is 4.40. The van der Waals surface area contributed by atoms with Gasteiger partial charge in [0.1, 0.15) is 0 Å². The average Bonchev–Trinajstić information content (AvgIpc) is 2.72. The number of rotatable bonds is 4. The summed E-state index contributed by atoms with van der Waals surface area (Å²) in [5.74, 6) is -1.97. The SMILES string of the molecule is Cc1c(C(=O)N[C@@H]2CCCCC[C@@H]2C(=O)O)cccc1[N+](=O)[O-]. The minimum atomic E-state index is -0.909. The summed E-state index contributed by atoms with van der Waals surface area (Å²) in [5.41, 5.74) is 0.386. The van der Waals surface area contributed by atoms with Crippen molar-refractivity contribution < 1.29 is 19.6 Å². The van der Waals surface area contributed by atoms with E-state index >= 15 is 0 Å². The van der Waals surface area contributed by atoms with Crippen LogP contribution in [0, 0.1) is 23.0 Å². The first-order chi connectivity index (χ1) is 10.9. The predicted molar refractivity (Wildman–Crippen MR) is 83.3 cm³/mol. The molecule has 2 N–H and O–H groups in total. The zero-order chi connectivity index (χ0) is 17.0. The number of carboxylic acids is 1. The molecule has 1 aliphatic rings. The Morgan fingerprint density at radius 2 is 1.96 bits per heavy atom. The zero-order valence-corrected chi connectivity index (χ0v) is 12.9. The molecule has 7 heteroatoms. The summed E-state index contributed by atoms with van der Waals surface area (Å²) in [7, 11) is 0. The highest BCUT2D eigenvalue weighted by atomic mass is 16.6. The molecule has 0 aliphatic heterocycles. The third-order valence-electron chi connectivity index (χ3n) is 4.40. The number of benzene rings is 1. The van der Waals surface area contributed by atoms with Crippen molar-refractivity contribution in [3.05, 3.63) is 39.4 Å². The fourth-order valence-electron chi connectivity index (χ4n) is 3.09. The molecule has 1 amide bonds. The fraction of sp³-hybridized carbons (Fsp3) is 0.500. The molecule has 1 fully saturated rings. The van der Waals surface area contributed by atoms with E-state index in [9.17, 15) is 24.8 Å². The van der Waals surface area contributed by atoms with Gasteiger partial charge in [0.05, 0.1) is 10.8 Å². The van der Waals surface area contributed by atoms with Crippen molar-refractivity contribution >= 4 is 17.6 Å². The van der Waals surface area contributed by atoms with Crippen LogP contribution in [-0.2, 0) is 4.79 Å². The number of amides is 1. The van der Waals surface area contributed by atoms with Gasteiger partial charge in [-0.25, -0.2) is 0 Å². The van der Waals surface area contributed by atoms with Crippen LogP contribution in [0.1, 0.15) is 48.0 Å². The Morgan fingerprint density at radius 1 is 1.26 bits per heavy atom. The Bertz CT molecular complexity index is 629. The second-order valence-electron chi connectivity index (χ2n) is 5.87.